The summed E-state index contributed by atoms with van der Waals surface area (Å²) in [6.45, 7) is 4.86. The number of rotatable bonds is 5. The van der Waals surface area contributed by atoms with Gasteiger partial charge in [0, 0.05) is 28.6 Å². The van der Waals surface area contributed by atoms with Crippen LogP contribution in [0.5, 0.6) is 5.75 Å². The van der Waals surface area contributed by atoms with Gasteiger partial charge in [-0.25, -0.2) is 0 Å². The van der Waals surface area contributed by atoms with Gasteiger partial charge in [0.05, 0.1) is 18.3 Å². The maximum Gasteiger partial charge on any atom is 0.160 e. The third-order valence-electron chi connectivity index (χ3n) is 4.92. The number of nitrogens with zero attached hydrogens (tertiary/aromatic N) is 3. The standard InChI is InChI=1S/C20H22ClN3OS/c1-3-14-12-26-20-23-18(16-7-5-6-10-22-16)19(24(14)20)15-11-13(21)8-9-17(15)25-4-2/h5-11,14,18-19H,3-4,12H2,1-2H3/t14-,18+,19-/m1/s1. The molecule has 4 rings (SSSR count). The first-order chi connectivity index (χ1) is 12.7. The summed E-state index contributed by atoms with van der Waals surface area (Å²) in [7, 11) is 0. The molecule has 0 aliphatic carbocycles. The van der Waals surface area contributed by atoms with E-state index in [4.69, 9.17) is 21.3 Å². The van der Waals surface area contributed by atoms with Crippen LogP contribution in [0.1, 0.15) is 43.6 Å². The zero-order chi connectivity index (χ0) is 18.1. The predicted octanol–water partition coefficient (Wildman–Crippen LogP) is 5.11. The van der Waals surface area contributed by atoms with Crippen LogP contribution in [0.15, 0.2) is 47.6 Å². The topological polar surface area (TPSA) is 37.7 Å². The van der Waals surface area contributed by atoms with Crippen molar-refractivity contribution in [1.82, 2.24) is 9.88 Å². The molecule has 2 aliphatic rings. The number of aromatic nitrogens is 1. The highest BCUT2D eigenvalue weighted by atomic mass is 35.5. The van der Waals surface area contributed by atoms with Crippen molar-refractivity contribution < 1.29 is 4.74 Å². The predicted molar refractivity (Wildman–Crippen MR) is 108 cm³/mol. The molecular weight excluding hydrogens is 366 g/mol. The number of fused-ring (bicyclic) bond motifs is 1. The van der Waals surface area contributed by atoms with Crippen LogP contribution in [0.4, 0.5) is 0 Å². The van der Waals surface area contributed by atoms with E-state index in [1.54, 1.807) is 0 Å². The molecule has 0 N–H and O–H groups in total. The maximum absolute atomic E-state index is 6.37. The molecule has 1 saturated heterocycles. The van der Waals surface area contributed by atoms with Gasteiger partial charge >= 0.3 is 0 Å². The minimum absolute atomic E-state index is 0.0503. The molecule has 1 aromatic carbocycles. The van der Waals surface area contributed by atoms with Gasteiger partial charge < -0.3 is 9.64 Å². The Bertz CT molecular complexity index is 814. The number of ether oxygens (including phenoxy) is 1. The van der Waals surface area contributed by atoms with E-state index in [0.717, 1.165) is 39.4 Å². The fraction of sp³-hybridized carbons (Fsp3) is 0.400. The highest BCUT2D eigenvalue weighted by Gasteiger charge is 2.46. The summed E-state index contributed by atoms with van der Waals surface area (Å²) < 4.78 is 5.94. The number of amidine groups is 1. The summed E-state index contributed by atoms with van der Waals surface area (Å²) in [4.78, 5) is 12.1. The molecule has 2 aromatic rings. The van der Waals surface area contributed by atoms with Gasteiger partial charge in [-0.3, -0.25) is 9.98 Å². The van der Waals surface area contributed by atoms with Gasteiger partial charge in [0.1, 0.15) is 11.8 Å². The average molecular weight is 388 g/mol. The lowest BCUT2D eigenvalue weighted by Crippen LogP contribution is -2.35. The van der Waals surface area contributed by atoms with Crippen LogP contribution in [-0.2, 0) is 0 Å². The van der Waals surface area contributed by atoms with E-state index in [2.05, 4.69) is 22.9 Å². The average Bonchev–Trinajstić information content (AvgIpc) is 3.23. The molecular formula is C20H22ClN3OS. The molecule has 4 nitrogen and oxygen atoms in total. The molecule has 136 valence electrons. The van der Waals surface area contributed by atoms with Crippen molar-refractivity contribution in [3.8, 4) is 5.75 Å². The largest absolute Gasteiger partial charge is 0.494 e. The van der Waals surface area contributed by atoms with Gasteiger partial charge in [0.25, 0.3) is 0 Å². The Morgan fingerprint density at radius 2 is 2.15 bits per heavy atom. The third-order valence-corrected chi connectivity index (χ3v) is 6.28. The van der Waals surface area contributed by atoms with Gasteiger partial charge in [-0.2, -0.15) is 0 Å². The van der Waals surface area contributed by atoms with Gasteiger partial charge in [-0.1, -0.05) is 36.4 Å². The van der Waals surface area contributed by atoms with Crippen molar-refractivity contribution in [2.75, 3.05) is 12.4 Å². The second-order valence-electron chi connectivity index (χ2n) is 6.45. The Hall–Kier alpha value is -1.72. The summed E-state index contributed by atoms with van der Waals surface area (Å²) in [6.07, 6.45) is 2.92. The number of halogens is 1. The lowest BCUT2D eigenvalue weighted by molar-refractivity contribution is 0.245. The summed E-state index contributed by atoms with van der Waals surface area (Å²) in [5.41, 5.74) is 2.08. The molecule has 0 spiro atoms. The number of hydrogen-bond acceptors (Lipinski definition) is 5. The second-order valence-corrected chi connectivity index (χ2v) is 7.88. The molecule has 3 heterocycles. The number of pyridine rings is 1. The Labute approximate surface area is 163 Å². The minimum Gasteiger partial charge on any atom is -0.494 e. The molecule has 6 heteroatoms. The monoisotopic (exact) mass is 387 g/mol. The molecule has 2 aliphatic heterocycles. The zero-order valence-electron chi connectivity index (χ0n) is 14.9. The summed E-state index contributed by atoms with van der Waals surface area (Å²) in [5, 5.41) is 1.83. The van der Waals surface area contributed by atoms with Gasteiger partial charge in [0.2, 0.25) is 0 Å². The van der Waals surface area contributed by atoms with Crippen LogP contribution in [0.25, 0.3) is 0 Å². The molecule has 0 saturated carbocycles. The molecule has 26 heavy (non-hydrogen) atoms. The van der Waals surface area contributed by atoms with Crippen molar-refractivity contribution in [1.29, 1.82) is 0 Å². The number of thioether (sulfide) groups is 1. The summed E-state index contributed by atoms with van der Waals surface area (Å²) >= 11 is 8.21. The first-order valence-corrected chi connectivity index (χ1v) is 10.4. The van der Waals surface area contributed by atoms with Gasteiger partial charge in [-0.05, 0) is 43.7 Å². The quantitative estimate of drug-likeness (QED) is 0.714. The fourth-order valence-electron chi connectivity index (χ4n) is 3.72. The number of aliphatic imine (C=N–C) groups is 1. The summed E-state index contributed by atoms with van der Waals surface area (Å²) in [5.74, 6) is 1.96. The van der Waals surface area contributed by atoms with E-state index in [9.17, 15) is 0 Å². The molecule has 0 unspecified atom stereocenters. The van der Waals surface area contributed by atoms with E-state index >= 15 is 0 Å². The minimum atomic E-state index is -0.0503. The van der Waals surface area contributed by atoms with E-state index in [0.29, 0.717) is 12.6 Å². The highest BCUT2D eigenvalue weighted by Crippen LogP contribution is 2.50. The van der Waals surface area contributed by atoms with Crippen molar-refractivity contribution in [2.45, 2.75) is 38.4 Å². The zero-order valence-corrected chi connectivity index (χ0v) is 16.5. The Balaban J connectivity index is 1.84. The van der Waals surface area contributed by atoms with E-state index in [1.165, 1.54) is 0 Å². The molecule has 0 bridgehead atoms. The maximum atomic E-state index is 6.37. The van der Waals surface area contributed by atoms with Crippen LogP contribution < -0.4 is 4.74 Å². The SMILES string of the molecule is CCOc1ccc(Cl)cc1[C@@H]1[C@H](c2ccccn2)N=C2SC[C@@H](CC)N21. The Kier molecular flexibility index (Phi) is 5.09. The molecule has 3 atom stereocenters. The normalized spacial score (nSPS) is 24.5. The molecule has 0 radical (unpaired) electrons. The Morgan fingerprint density at radius 1 is 1.27 bits per heavy atom. The highest BCUT2D eigenvalue weighted by molar-refractivity contribution is 8.14. The summed E-state index contributed by atoms with van der Waals surface area (Å²) in [6, 6.07) is 12.4. The van der Waals surface area contributed by atoms with E-state index in [-0.39, 0.29) is 12.1 Å². The lowest BCUT2D eigenvalue weighted by atomic mass is 9.94. The first-order valence-electron chi connectivity index (χ1n) is 9.05. The smallest absolute Gasteiger partial charge is 0.160 e. The third kappa shape index (κ3) is 3.08. The van der Waals surface area contributed by atoms with Crippen LogP contribution >= 0.6 is 23.4 Å². The van der Waals surface area contributed by atoms with Gasteiger partial charge in [-0.15, -0.1) is 0 Å². The fourth-order valence-corrected chi connectivity index (χ4v) is 5.24. The van der Waals surface area contributed by atoms with Crippen LogP contribution in [0.3, 0.4) is 0 Å². The first kappa shape index (κ1) is 17.7. The van der Waals surface area contributed by atoms with Crippen LogP contribution in [-0.4, -0.2) is 33.5 Å². The molecule has 0 amide bonds. The lowest BCUT2D eigenvalue weighted by Gasteiger charge is -2.32. The van der Waals surface area contributed by atoms with E-state index < -0.39 is 0 Å². The van der Waals surface area contributed by atoms with Crippen molar-refractivity contribution in [3.05, 3.63) is 58.9 Å². The van der Waals surface area contributed by atoms with Gasteiger partial charge in [0.15, 0.2) is 5.17 Å². The van der Waals surface area contributed by atoms with Crippen molar-refractivity contribution >= 4 is 28.5 Å². The molecule has 1 fully saturated rings. The Morgan fingerprint density at radius 3 is 2.88 bits per heavy atom. The second kappa shape index (κ2) is 7.49. The van der Waals surface area contributed by atoms with Crippen molar-refractivity contribution in [3.63, 3.8) is 0 Å². The molecule has 1 aromatic heterocycles. The van der Waals surface area contributed by atoms with Crippen molar-refractivity contribution in [2.24, 2.45) is 4.99 Å². The number of hydrogen-bond donors (Lipinski definition) is 0. The van der Waals surface area contributed by atoms with Crippen LogP contribution in [0.2, 0.25) is 5.02 Å². The van der Waals surface area contributed by atoms with Crippen LogP contribution in [0, 0.1) is 0 Å². The number of benzene rings is 1. The van der Waals surface area contributed by atoms with E-state index in [1.807, 2.05) is 55.2 Å².